The molecule has 3 aromatic carbocycles. The molecule has 0 radical (unpaired) electrons. The molecule has 2 N–H and O–H groups in total. The van der Waals surface area contributed by atoms with Gasteiger partial charge in [-0.15, -0.1) is 0 Å². The lowest BCUT2D eigenvalue weighted by atomic mass is 9.98. The van der Waals surface area contributed by atoms with E-state index in [4.69, 9.17) is 0 Å². The summed E-state index contributed by atoms with van der Waals surface area (Å²) in [7, 11) is -0.134. The van der Waals surface area contributed by atoms with Crippen LogP contribution in [0.25, 0.3) is 11.3 Å². The number of nitrogens with zero attached hydrogens (tertiary/aromatic N) is 3. The van der Waals surface area contributed by atoms with Gasteiger partial charge in [0.1, 0.15) is 29.0 Å². The number of benzene rings is 3. The second-order valence-electron chi connectivity index (χ2n) is 8.68. The number of halogens is 3. The fourth-order valence-electron chi connectivity index (χ4n) is 4.02. The predicted octanol–water partition coefficient (Wildman–Crippen LogP) is 4.87. The lowest BCUT2D eigenvalue weighted by molar-refractivity contribution is -0.106. The van der Waals surface area contributed by atoms with E-state index in [0.29, 0.717) is 21.7 Å². The number of carbonyl (C=O) groups excluding carboxylic acids is 2. The summed E-state index contributed by atoms with van der Waals surface area (Å²) in [5.74, 6) is -3.12. The summed E-state index contributed by atoms with van der Waals surface area (Å²) in [6.07, 6.45) is 1.55. The number of rotatable bonds is 9. The Morgan fingerprint density at radius 2 is 1.70 bits per heavy atom. The number of hydrogen-bond donors (Lipinski definition) is 2. The molecular formula is C28H24F3N5O3S. The van der Waals surface area contributed by atoms with Gasteiger partial charge < -0.3 is 10.6 Å². The first-order chi connectivity index (χ1) is 19.1. The van der Waals surface area contributed by atoms with Gasteiger partial charge in [-0.3, -0.25) is 18.7 Å². The normalized spacial score (nSPS) is 11.7. The first-order valence-corrected chi connectivity index (χ1v) is 13.5. The molecule has 2 amide bonds. The highest BCUT2D eigenvalue weighted by Gasteiger charge is 2.27. The standard InChI is InChI=1S/C28H24F3N5O3S/c1-16-7-8-17(27(38)33-19-11-9-18(29)10-12-19)13-20(16)24-21(14-32-2)26(35-28(34-24)40(3)39)36(15-37)25-22(30)5-4-6-23(25)31/h4-13,15,32H,14H2,1-3H3,(H,33,38). The van der Waals surface area contributed by atoms with Gasteiger partial charge >= 0.3 is 0 Å². The van der Waals surface area contributed by atoms with Crippen molar-refractivity contribution in [1.29, 1.82) is 0 Å². The molecule has 0 aliphatic carbocycles. The van der Waals surface area contributed by atoms with E-state index in [1.807, 2.05) is 0 Å². The van der Waals surface area contributed by atoms with Crippen LogP contribution in [0.15, 0.2) is 65.8 Å². The van der Waals surface area contributed by atoms with E-state index < -0.39 is 39.8 Å². The van der Waals surface area contributed by atoms with Crippen molar-refractivity contribution in [2.24, 2.45) is 0 Å². The van der Waals surface area contributed by atoms with Crippen molar-refractivity contribution in [1.82, 2.24) is 15.3 Å². The Morgan fingerprint density at radius 3 is 2.30 bits per heavy atom. The third-order valence-electron chi connectivity index (χ3n) is 5.94. The van der Waals surface area contributed by atoms with Crippen molar-refractivity contribution in [2.75, 3.05) is 23.5 Å². The van der Waals surface area contributed by atoms with Crippen LogP contribution < -0.4 is 15.5 Å². The maximum atomic E-state index is 14.8. The zero-order valence-corrected chi connectivity index (χ0v) is 22.5. The fraction of sp³-hybridized carbons (Fsp3) is 0.143. The van der Waals surface area contributed by atoms with Crippen LogP contribution in [-0.4, -0.2) is 39.8 Å². The van der Waals surface area contributed by atoms with Crippen LogP contribution in [0.2, 0.25) is 0 Å². The molecule has 4 aromatic rings. The molecule has 206 valence electrons. The summed E-state index contributed by atoms with van der Waals surface area (Å²) < 4.78 is 55.3. The number of carbonyl (C=O) groups is 2. The minimum Gasteiger partial charge on any atom is -0.322 e. The molecule has 0 bridgehead atoms. The molecule has 40 heavy (non-hydrogen) atoms. The first-order valence-electron chi connectivity index (χ1n) is 11.9. The number of para-hydroxylation sites is 1. The quantitative estimate of drug-likeness (QED) is 0.221. The Kier molecular flexibility index (Phi) is 8.70. The molecule has 1 atom stereocenters. The van der Waals surface area contributed by atoms with Gasteiger partial charge in [-0.25, -0.2) is 23.1 Å². The zero-order valence-electron chi connectivity index (χ0n) is 21.7. The van der Waals surface area contributed by atoms with Gasteiger partial charge in [0.05, 0.1) is 16.5 Å². The van der Waals surface area contributed by atoms with E-state index in [-0.39, 0.29) is 40.7 Å². The molecule has 0 fully saturated rings. The van der Waals surface area contributed by atoms with Gasteiger partial charge in [-0.05, 0) is 68.1 Å². The lowest BCUT2D eigenvalue weighted by Crippen LogP contribution is -2.24. The molecule has 0 spiro atoms. The average molecular weight is 568 g/mol. The molecule has 12 heteroatoms. The average Bonchev–Trinajstić information content (AvgIpc) is 2.92. The van der Waals surface area contributed by atoms with E-state index in [1.165, 1.54) is 30.5 Å². The second-order valence-corrected chi connectivity index (χ2v) is 9.95. The summed E-state index contributed by atoms with van der Waals surface area (Å²) in [4.78, 5) is 34.7. The first kappa shape index (κ1) is 28.6. The number of aromatic nitrogens is 2. The third kappa shape index (κ3) is 5.92. The maximum Gasteiger partial charge on any atom is 0.255 e. The summed E-state index contributed by atoms with van der Waals surface area (Å²) in [5.41, 5.74) is 1.54. The van der Waals surface area contributed by atoms with Crippen molar-refractivity contribution in [3.8, 4) is 11.3 Å². The minimum absolute atomic E-state index is 0.0488. The largest absolute Gasteiger partial charge is 0.322 e. The van der Waals surface area contributed by atoms with E-state index >= 15 is 0 Å². The highest BCUT2D eigenvalue weighted by Crippen LogP contribution is 2.36. The molecule has 1 aromatic heterocycles. The smallest absolute Gasteiger partial charge is 0.255 e. The van der Waals surface area contributed by atoms with Crippen molar-refractivity contribution < 1.29 is 27.0 Å². The molecule has 8 nitrogen and oxygen atoms in total. The molecule has 0 saturated carbocycles. The summed E-state index contributed by atoms with van der Waals surface area (Å²) >= 11 is 0. The highest BCUT2D eigenvalue weighted by atomic mass is 32.2. The SMILES string of the molecule is CNCc1c(-c2cc(C(=O)Nc3ccc(F)cc3)ccc2C)nc(S(C)=O)nc1N(C=O)c1c(F)cccc1F. The molecule has 1 heterocycles. The predicted molar refractivity (Wildman–Crippen MR) is 146 cm³/mol. The third-order valence-corrected chi connectivity index (χ3v) is 6.64. The monoisotopic (exact) mass is 567 g/mol. The van der Waals surface area contributed by atoms with Crippen LogP contribution >= 0.6 is 0 Å². The van der Waals surface area contributed by atoms with Gasteiger partial charge in [0, 0.05) is 35.2 Å². The maximum absolute atomic E-state index is 14.8. The number of nitrogens with one attached hydrogen (secondary N) is 2. The van der Waals surface area contributed by atoms with E-state index in [0.717, 1.165) is 18.2 Å². The Morgan fingerprint density at radius 1 is 1.02 bits per heavy atom. The zero-order chi connectivity index (χ0) is 29.0. The Balaban J connectivity index is 1.91. The van der Waals surface area contributed by atoms with Crippen LogP contribution in [-0.2, 0) is 22.1 Å². The number of amides is 2. The Hall–Kier alpha value is -4.42. The van der Waals surface area contributed by atoms with Gasteiger partial charge in [0.15, 0.2) is 0 Å². The topological polar surface area (TPSA) is 104 Å². The number of anilines is 3. The van der Waals surface area contributed by atoms with E-state index in [2.05, 4.69) is 20.6 Å². The van der Waals surface area contributed by atoms with Crippen molar-refractivity contribution >= 4 is 40.3 Å². The van der Waals surface area contributed by atoms with Gasteiger partial charge in [0.2, 0.25) is 11.6 Å². The van der Waals surface area contributed by atoms with Crippen molar-refractivity contribution in [3.05, 3.63) is 94.8 Å². The van der Waals surface area contributed by atoms with Crippen LogP contribution in [0, 0.1) is 24.4 Å². The molecule has 1 unspecified atom stereocenters. The van der Waals surface area contributed by atoms with Crippen LogP contribution in [0.4, 0.5) is 30.4 Å². The lowest BCUT2D eigenvalue weighted by Gasteiger charge is -2.23. The van der Waals surface area contributed by atoms with Gasteiger partial charge in [0.25, 0.3) is 5.91 Å². The summed E-state index contributed by atoms with van der Waals surface area (Å²) in [6, 6.07) is 13.2. The fourth-order valence-corrected chi connectivity index (χ4v) is 4.46. The van der Waals surface area contributed by atoms with E-state index in [1.54, 1.807) is 32.2 Å². The second kappa shape index (κ2) is 12.2. The Bertz CT molecular complexity index is 1600. The minimum atomic E-state index is -1.75. The van der Waals surface area contributed by atoms with Crippen molar-refractivity contribution in [3.63, 3.8) is 0 Å². The molecule has 0 aliphatic heterocycles. The van der Waals surface area contributed by atoms with Crippen molar-refractivity contribution in [2.45, 2.75) is 18.6 Å². The summed E-state index contributed by atoms with van der Waals surface area (Å²) in [6.45, 7) is 1.81. The van der Waals surface area contributed by atoms with Gasteiger partial charge in [-0.1, -0.05) is 12.1 Å². The van der Waals surface area contributed by atoms with Crippen LogP contribution in [0.1, 0.15) is 21.5 Å². The van der Waals surface area contributed by atoms with Gasteiger partial charge in [-0.2, -0.15) is 0 Å². The molecule has 0 saturated heterocycles. The summed E-state index contributed by atoms with van der Waals surface area (Å²) in [5, 5.41) is 5.44. The number of aryl methyl sites for hydroxylation is 1. The van der Waals surface area contributed by atoms with Crippen LogP contribution in [0.3, 0.4) is 0 Å². The molecule has 0 aliphatic rings. The Labute approximate surface area is 230 Å². The molecular weight excluding hydrogens is 543 g/mol. The van der Waals surface area contributed by atoms with Crippen LogP contribution in [0.5, 0.6) is 0 Å². The number of hydrogen-bond acceptors (Lipinski definition) is 6. The highest BCUT2D eigenvalue weighted by molar-refractivity contribution is 7.84. The molecule has 4 rings (SSSR count). The van der Waals surface area contributed by atoms with E-state index in [9.17, 15) is 27.0 Å².